The molecule has 2 N–H and O–H groups in total. The van der Waals surface area contributed by atoms with E-state index in [9.17, 15) is 13.6 Å². The first-order chi connectivity index (χ1) is 9.49. The highest BCUT2D eigenvalue weighted by molar-refractivity contribution is 6.31. The summed E-state index contributed by atoms with van der Waals surface area (Å²) in [6.07, 6.45) is 0. The molecule has 104 valence electrons. The van der Waals surface area contributed by atoms with Gasteiger partial charge in [0, 0.05) is 11.3 Å². The van der Waals surface area contributed by atoms with Gasteiger partial charge in [0.15, 0.2) is 0 Å². The van der Waals surface area contributed by atoms with E-state index in [0.717, 1.165) is 6.07 Å². The molecule has 2 rings (SSSR count). The average Bonchev–Trinajstić information content (AvgIpc) is 2.40. The van der Waals surface area contributed by atoms with Crippen molar-refractivity contribution in [1.82, 2.24) is 0 Å². The molecule has 3 nitrogen and oxygen atoms in total. The van der Waals surface area contributed by atoms with Crippen molar-refractivity contribution >= 4 is 23.3 Å². The lowest BCUT2D eigenvalue weighted by atomic mass is 10.2. The van der Waals surface area contributed by atoms with Crippen LogP contribution < -0.4 is 5.73 Å². The zero-order valence-corrected chi connectivity index (χ0v) is 11.0. The summed E-state index contributed by atoms with van der Waals surface area (Å²) in [4.78, 5) is 11.7. The number of carbonyl (C=O) groups excluding carboxylic acids is 1. The molecule has 2 aromatic carbocycles. The number of rotatable bonds is 3. The number of halogens is 3. The van der Waals surface area contributed by atoms with Crippen molar-refractivity contribution in [2.24, 2.45) is 0 Å². The van der Waals surface area contributed by atoms with Crippen molar-refractivity contribution in [3.63, 3.8) is 0 Å². The van der Waals surface area contributed by atoms with Gasteiger partial charge in [0.1, 0.15) is 18.2 Å². The second-order valence-electron chi connectivity index (χ2n) is 4.03. The van der Waals surface area contributed by atoms with Gasteiger partial charge in [0.2, 0.25) is 0 Å². The lowest BCUT2D eigenvalue weighted by Crippen LogP contribution is -2.08. The summed E-state index contributed by atoms with van der Waals surface area (Å²) in [7, 11) is 0. The van der Waals surface area contributed by atoms with E-state index in [1.165, 1.54) is 30.3 Å². The molecule has 0 aliphatic carbocycles. The quantitative estimate of drug-likeness (QED) is 0.696. The van der Waals surface area contributed by atoms with Gasteiger partial charge < -0.3 is 10.5 Å². The molecule has 6 heteroatoms. The molecule has 0 bridgehead atoms. The molecule has 0 aliphatic rings. The zero-order chi connectivity index (χ0) is 14.7. The van der Waals surface area contributed by atoms with E-state index in [1.54, 1.807) is 0 Å². The maximum Gasteiger partial charge on any atom is 0.341 e. The number of nitrogens with two attached hydrogens (primary N) is 1. The molecule has 0 aliphatic heterocycles. The molecule has 0 saturated carbocycles. The van der Waals surface area contributed by atoms with E-state index in [2.05, 4.69) is 0 Å². The fourth-order valence-electron chi connectivity index (χ4n) is 1.58. The van der Waals surface area contributed by atoms with Gasteiger partial charge in [0.25, 0.3) is 0 Å². The number of benzene rings is 2. The number of carbonyl (C=O) groups is 1. The number of anilines is 1. The minimum Gasteiger partial charge on any atom is -0.457 e. The Hall–Kier alpha value is -2.14. The average molecular weight is 298 g/mol. The van der Waals surface area contributed by atoms with Crippen LogP contribution in [0.3, 0.4) is 0 Å². The molecular weight excluding hydrogens is 288 g/mol. The van der Waals surface area contributed by atoms with E-state index in [0.29, 0.717) is 5.56 Å². The van der Waals surface area contributed by atoms with Crippen molar-refractivity contribution < 1.29 is 18.3 Å². The SMILES string of the molecule is Nc1ccc(C(=O)OCc2cccc(F)c2Cl)c(F)c1. The largest absolute Gasteiger partial charge is 0.457 e. The molecule has 20 heavy (non-hydrogen) atoms. The van der Waals surface area contributed by atoms with Crippen LogP contribution in [-0.4, -0.2) is 5.97 Å². The van der Waals surface area contributed by atoms with E-state index < -0.39 is 17.6 Å². The maximum absolute atomic E-state index is 13.5. The molecule has 0 spiro atoms. The first kappa shape index (κ1) is 14.3. The van der Waals surface area contributed by atoms with Crippen molar-refractivity contribution in [2.75, 3.05) is 5.73 Å². The minimum atomic E-state index is -0.872. The maximum atomic E-state index is 13.5. The molecule has 0 amide bonds. The summed E-state index contributed by atoms with van der Waals surface area (Å²) in [5.74, 6) is -2.26. The second kappa shape index (κ2) is 5.88. The summed E-state index contributed by atoms with van der Waals surface area (Å²) >= 11 is 5.72. The van der Waals surface area contributed by atoms with Gasteiger partial charge in [-0.05, 0) is 24.3 Å². The van der Waals surface area contributed by atoms with Gasteiger partial charge in [0.05, 0.1) is 10.6 Å². The highest BCUT2D eigenvalue weighted by Crippen LogP contribution is 2.21. The van der Waals surface area contributed by atoms with Gasteiger partial charge in [-0.1, -0.05) is 23.7 Å². The fraction of sp³-hybridized carbons (Fsp3) is 0.0714. The first-order valence-electron chi connectivity index (χ1n) is 5.64. The molecule has 0 fully saturated rings. The number of nitrogen functional groups attached to an aromatic ring is 1. The lowest BCUT2D eigenvalue weighted by Gasteiger charge is -2.08. The van der Waals surface area contributed by atoms with E-state index in [4.69, 9.17) is 22.1 Å². The Bertz CT molecular complexity index is 662. The van der Waals surface area contributed by atoms with E-state index in [1.807, 2.05) is 0 Å². The van der Waals surface area contributed by atoms with Crippen LogP contribution in [0.15, 0.2) is 36.4 Å². The van der Waals surface area contributed by atoms with Gasteiger partial charge >= 0.3 is 5.97 Å². The fourth-order valence-corrected chi connectivity index (χ4v) is 1.76. The van der Waals surface area contributed by atoms with Gasteiger partial charge in [-0.3, -0.25) is 0 Å². The molecule has 0 heterocycles. The molecule has 0 atom stereocenters. The van der Waals surface area contributed by atoms with Crippen molar-refractivity contribution in [3.05, 3.63) is 64.2 Å². The molecule has 0 radical (unpaired) electrons. The minimum absolute atomic E-state index is 0.127. The Kier molecular flexibility index (Phi) is 4.20. The normalized spacial score (nSPS) is 10.3. The Morgan fingerprint density at radius 2 is 1.95 bits per heavy atom. The third-order valence-corrected chi connectivity index (χ3v) is 3.03. The highest BCUT2D eigenvalue weighted by atomic mass is 35.5. The van der Waals surface area contributed by atoms with Crippen LogP contribution in [0.2, 0.25) is 5.02 Å². The highest BCUT2D eigenvalue weighted by Gasteiger charge is 2.14. The van der Waals surface area contributed by atoms with Crippen LogP contribution in [0, 0.1) is 11.6 Å². The Balaban J connectivity index is 2.11. The van der Waals surface area contributed by atoms with Crippen LogP contribution in [-0.2, 0) is 11.3 Å². The summed E-state index contributed by atoms with van der Waals surface area (Å²) in [5.41, 5.74) is 5.64. The van der Waals surface area contributed by atoms with Gasteiger partial charge in [-0.15, -0.1) is 0 Å². The summed E-state index contributed by atoms with van der Waals surface area (Å²) in [6.45, 7) is -0.251. The monoisotopic (exact) mass is 297 g/mol. The third kappa shape index (κ3) is 3.05. The molecule has 0 saturated heterocycles. The van der Waals surface area contributed by atoms with Crippen LogP contribution in [0.4, 0.5) is 14.5 Å². The molecule has 0 unspecified atom stereocenters. The second-order valence-corrected chi connectivity index (χ2v) is 4.41. The summed E-state index contributed by atoms with van der Waals surface area (Å²) in [6, 6.07) is 7.76. The number of hydrogen-bond acceptors (Lipinski definition) is 3. The van der Waals surface area contributed by atoms with Crippen molar-refractivity contribution in [1.29, 1.82) is 0 Å². The van der Waals surface area contributed by atoms with Crippen LogP contribution in [0.5, 0.6) is 0 Å². The predicted molar refractivity (Wildman–Crippen MR) is 71.3 cm³/mol. The Labute approximate surface area is 118 Å². The number of hydrogen-bond donors (Lipinski definition) is 1. The lowest BCUT2D eigenvalue weighted by molar-refractivity contribution is 0.0467. The number of esters is 1. The van der Waals surface area contributed by atoms with Crippen LogP contribution in [0.25, 0.3) is 0 Å². The third-order valence-electron chi connectivity index (χ3n) is 2.60. The van der Waals surface area contributed by atoms with Crippen molar-refractivity contribution in [2.45, 2.75) is 6.61 Å². The smallest absolute Gasteiger partial charge is 0.341 e. The van der Waals surface area contributed by atoms with Gasteiger partial charge in [-0.2, -0.15) is 0 Å². The zero-order valence-electron chi connectivity index (χ0n) is 10.2. The van der Waals surface area contributed by atoms with Crippen molar-refractivity contribution in [3.8, 4) is 0 Å². The first-order valence-corrected chi connectivity index (χ1v) is 6.02. The summed E-state index contributed by atoms with van der Waals surface area (Å²) in [5, 5.41) is -0.127. The Morgan fingerprint density at radius 1 is 1.20 bits per heavy atom. The number of ether oxygens (including phenoxy) is 1. The standard InChI is InChI=1S/C14H10ClF2NO2/c15-13-8(2-1-3-11(13)16)7-20-14(19)10-5-4-9(18)6-12(10)17/h1-6H,7,18H2. The van der Waals surface area contributed by atoms with Gasteiger partial charge in [-0.25, -0.2) is 13.6 Å². The van der Waals surface area contributed by atoms with Crippen LogP contribution >= 0.6 is 11.6 Å². The molecule has 2 aromatic rings. The van der Waals surface area contributed by atoms with Crippen LogP contribution in [0.1, 0.15) is 15.9 Å². The molecular formula is C14H10ClF2NO2. The Morgan fingerprint density at radius 3 is 2.65 bits per heavy atom. The van der Waals surface area contributed by atoms with E-state index in [-0.39, 0.29) is 22.9 Å². The predicted octanol–water partition coefficient (Wildman–Crippen LogP) is 3.56. The molecule has 0 aromatic heterocycles. The van der Waals surface area contributed by atoms with E-state index >= 15 is 0 Å². The topological polar surface area (TPSA) is 52.3 Å². The summed E-state index contributed by atoms with van der Waals surface area (Å²) < 4.78 is 31.6.